The molecule has 7 nitrogen and oxygen atoms in total. The first-order chi connectivity index (χ1) is 17.1. The maximum absolute atomic E-state index is 13.7. The van der Waals surface area contributed by atoms with Gasteiger partial charge in [-0.25, -0.2) is 9.78 Å². The minimum Gasteiger partial charge on any atom is -0.449 e. The standard InChI is InChI=1S/C28H32N4O3/c33-25-22-3-1-2-4-23(22)28(35-25)11-12-32(19-28)26(34)27(9-10-27)21-7-8-24(29-17-21)31-15-13-30(14-16-31)18-20-5-6-20/h1-4,7-8,17,20H,5-6,9-16,18-19H2. The SMILES string of the molecule is O=C1OC2(CCN(C(=O)C3(c4ccc(N5CCN(CC6CC6)CC5)nc4)CC3)C2)c2ccccc21. The molecule has 1 amide bonds. The number of piperazine rings is 1. The molecule has 3 aliphatic heterocycles. The smallest absolute Gasteiger partial charge is 0.339 e. The highest BCUT2D eigenvalue weighted by Gasteiger charge is 2.57. The summed E-state index contributed by atoms with van der Waals surface area (Å²) in [5.74, 6) is 1.83. The van der Waals surface area contributed by atoms with Gasteiger partial charge in [0.2, 0.25) is 5.91 Å². The summed E-state index contributed by atoms with van der Waals surface area (Å²) in [6, 6.07) is 11.8. The Hall–Kier alpha value is -2.93. The Morgan fingerprint density at radius 2 is 1.80 bits per heavy atom. The van der Waals surface area contributed by atoms with Crippen LogP contribution in [0, 0.1) is 5.92 Å². The van der Waals surface area contributed by atoms with Crippen LogP contribution >= 0.6 is 0 Å². The van der Waals surface area contributed by atoms with Crippen molar-refractivity contribution in [3.63, 3.8) is 0 Å². The number of likely N-dealkylation sites (tertiary alicyclic amines) is 1. The number of ether oxygens (including phenoxy) is 1. The van der Waals surface area contributed by atoms with Crippen molar-refractivity contribution in [1.82, 2.24) is 14.8 Å². The van der Waals surface area contributed by atoms with E-state index in [2.05, 4.69) is 21.9 Å². The maximum atomic E-state index is 13.7. The molecule has 4 fully saturated rings. The van der Waals surface area contributed by atoms with Crippen LogP contribution in [0.5, 0.6) is 0 Å². The van der Waals surface area contributed by atoms with Crippen molar-refractivity contribution in [2.75, 3.05) is 50.7 Å². The zero-order valence-electron chi connectivity index (χ0n) is 20.1. The minimum absolute atomic E-state index is 0.151. The molecule has 2 saturated heterocycles. The zero-order chi connectivity index (χ0) is 23.6. The third kappa shape index (κ3) is 3.54. The number of rotatable bonds is 5. The molecular weight excluding hydrogens is 440 g/mol. The Morgan fingerprint density at radius 3 is 2.51 bits per heavy atom. The first-order valence-corrected chi connectivity index (χ1v) is 13.1. The topological polar surface area (TPSA) is 66.0 Å². The van der Waals surface area contributed by atoms with E-state index in [1.807, 2.05) is 35.4 Å². The van der Waals surface area contributed by atoms with Gasteiger partial charge in [-0.15, -0.1) is 0 Å². The van der Waals surface area contributed by atoms with Crippen LogP contribution < -0.4 is 4.90 Å². The van der Waals surface area contributed by atoms with Crippen molar-refractivity contribution in [3.05, 3.63) is 59.3 Å². The lowest BCUT2D eigenvalue weighted by Crippen LogP contribution is -2.47. The molecule has 1 atom stereocenters. The first-order valence-electron chi connectivity index (χ1n) is 13.1. The molecule has 2 aliphatic carbocycles. The van der Waals surface area contributed by atoms with Crippen LogP contribution in [-0.4, -0.2) is 72.5 Å². The molecule has 1 aromatic carbocycles. The summed E-state index contributed by atoms with van der Waals surface area (Å²) in [7, 11) is 0. The third-order valence-electron chi connectivity index (χ3n) is 8.81. The molecule has 0 bridgehead atoms. The van der Waals surface area contributed by atoms with Crippen LogP contribution in [0.15, 0.2) is 42.6 Å². The van der Waals surface area contributed by atoms with Crippen LogP contribution in [0.2, 0.25) is 0 Å². The number of hydrogen-bond donors (Lipinski definition) is 0. The van der Waals surface area contributed by atoms with Gasteiger partial charge in [-0.05, 0) is 49.3 Å². The molecule has 7 heteroatoms. The summed E-state index contributed by atoms with van der Waals surface area (Å²) in [4.78, 5) is 37.8. The number of carbonyl (C=O) groups is 2. The monoisotopic (exact) mass is 472 g/mol. The number of pyridine rings is 1. The number of amides is 1. The number of esters is 1. The molecule has 7 rings (SSSR count). The molecule has 4 heterocycles. The van der Waals surface area contributed by atoms with Crippen LogP contribution in [0.25, 0.3) is 0 Å². The van der Waals surface area contributed by atoms with Crippen molar-refractivity contribution in [2.24, 2.45) is 5.92 Å². The number of hydrogen-bond acceptors (Lipinski definition) is 6. The van der Waals surface area contributed by atoms with E-state index >= 15 is 0 Å². The molecule has 0 radical (unpaired) electrons. The second-order valence-corrected chi connectivity index (χ2v) is 11.1. The number of anilines is 1. The fourth-order valence-corrected chi connectivity index (χ4v) is 6.34. The van der Waals surface area contributed by atoms with E-state index in [4.69, 9.17) is 9.72 Å². The van der Waals surface area contributed by atoms with E-state index < -0.39 is 11.0 Å². The van der Waals surface area contributed by atoms with Crippen LogP contribution in [0.4, 0.5) is 5.82 Å². The second-order valence-electron chi connectivity index (χ2n) is 11.1. The fraction of sp³-hybridized carbons (Fsp3) is 0.536. The summed E-state index contributed by atoms with van der Waals surface area (Å²) in [5.41, 5.74) is 1.42. The predicted octanol–water partition coefficient (Wildman–Crippen LogP) is 2.94. The van der Waals surface area contributed by atoms with Crippen LogP contribution in [0.3, 0.4) is 0 Å². The van der Waals surface area contributed by atoms with Gasteiger partial charge in [-0.1, -0.05) is 24.3 Å². The average Bonchev–Trinajstić information content (AvgIpc) is 3.82. The average molecular weight is 473 g/mol. The van der Waals surface area contributed by atoms with Gasteiger partial charge in [-0.2, -0.15) is 0 Å². The van der Waals surface area contributed by atoms with E-state index in [0.717, 1.165) is 61.9 Å². The highest BCUT2D eigenvalue weighted by Crippen LogP contribution is 2.52. The van der Waals surface area contributed by atoms with Crippen LogP contribution in [0.1, 0.15) is 53.6 Å². The number of benzene rings is 1. The van der Waals surface area contributed by atoms with Gasteiger partial charge in [-0.3, -0.25) is 9.69 Å². The Labute approximate surface area is 206 Å². The summed E-state index contributed by atoms with van der Waals surface area (Å²) in [6.45, 7) is 6.54. The van der Waals surface area contributed by atoms with Crippen molar-refractivity contribution in [2.45, 2.75) is 43.1 Å². The van der Waals surface area contributed by atoms with E-state index in [1.165, 1.54) is 19.4 Å². The van der Waals surface area contributed by atoms with E-state index in [1.54, 1.807) is 0 Å². The molecule has 35 heavy (non-hydrogen) atoms. The van der Waals surface area contributed by atoms with Crippen molar-refractivity contribution >= 4 is 17.7 Å². The number of fused-ring (bicyclic) bond motifs is 2. The van der Waals surface area contributed by atoms with Gasteiger partial charge in [0.25, 0.3) is 0 Å². The van der Waals surface area contributed by atoms with Crippen molar-refractivity contribution < 1.29 is 14.3 Å². The highest BCUT2D eigenvalue weighted by atomic mass is 16.6. The molecule has 0 N–H and O–H groups in total. The lowest BCUT2D eigenvalue weighted by molar-refractivity contribution is -0.134. The molecule has 1 unspecified atom stereocenters. The largest absolute Gasteiger partial charge is 0.449 e. The van der Waals surface area contributed by atoms with Crippen LogP contribution in [-0.2, 0) is 20.5 Å². The van der Waals surface area contributed by atoms with E-state index in [0.29, 0.717) is 25.1 Å². The van der Waals surface area contributed by atoms with E-state index in [9.17, 15) is 9.59 Å². The lowest BCUT2D eigenvalue weighted by atomic mass is 9.91. The molecule has 2 aromatic rings. The van der Waals surface area contributed by atoms with E-state index in [-0.39, 0.29) is 11.9 Å². The Morgan fingerprint density at radius 1 is 1.00 bits per heavy atom. The predicted molar refractivity (Wildman–Crippen MR) is 131 cm³/mol. The molecule has 5 aliphatic rings. The molecular formula is C28H32N4O3. The summed E-state index contributed by atoms with van der Waals surface area (Å²) < 4.78 is 5.86. The van der Waals surface area contributed by atoms with Gasteiger partial charge >= 0.3 is 5.97 Å². The van der Waals surface area contributed by atoms with Gasteiger partial charge in [0.15, 0.2) is 5.60 Å². The number of carbonyl (C=O) groups excluding carboxylic acids is 2. The molecule has 2 saturated carbocycles. The maximum Gasteiger partial charge on any atom is 0.339 e. The van der Waals surface area contributed by atoms with Gasteiger partial charge in [0.1, 0.15) is 5.82 Å². The van der Waals surface area contributed by atoms with Gasteiger partial charge < -0.3 is 14.5 Å². The molecule has 182 valence electrons. The minimum atomic E-state index is -0.691. The molecule has 1 spiro atoms. The Balaban J connectivity index is 1.03. The number of aromatic nitrogens is 1. The Kier molecular flexibility index (Phi) is 4.75. The van der Waals surface area contributed by atoms with Gasteiger partial charge in [0, 0.05) is 57.4 Å². The normalized spacial score (nSPS) is 27.3. The lowest BCUT2D eigenvalue weighted by Gasteiger charge is -2.35. The second kappa shape index (κ2) is 7.79. The third-order valence-corrected chi connectivity index (χ3v) is 8.81. The zero-order valence-corrected chi connectivity index (χ0v) is 20.1. The van der Waals surface area contributed by atoms with Gasteiger partial charge in [0.05, 0.1) is 17.5 Å². The highest BCUT2D eigenvalue weighted by molar-refractivity contribution is 5.96. The summed E-state index contributed by atoms with van der Waals surface area (Å²) in [6.07, 6.45) is 7.09. The summed E-state index contributed by atoms with van der Waals surface area (Å²) >= 11 is 0. The van der Waals surface area contributed by atoms with Crippen molar-refractivity contribution in [3.8, 4) is 0 Å². The summed E-state index contributed by atoms with van der Waals surface area (Å²) in [5, 5.41) is 0. The van der Waals surface area contributed by atoms with Crippen molar-refractivity contribution in [1.29, 1.82) is 0 Å². The Bertz CT molecular complexity index is 1160. The quantitative estimate of drug-likeness (QED) is 0.624. The molecule has 1 aromatic heterocycles. The number of nitrogens with zero attached hydrogens (tertiary/aromatic N) is 4. The first kappa shape index (κ1) is 21.4. The fourth-order valence-electron chi connectivity index (χ4n) is 6.34.